The van der Waals surface area contributed by atoms with Crippen LogP contribution < -0.4 is 5.73 Å². The fraction of sp³-hybridized carbons (Fsp3) is 0.200. The van der Waals surface area contributed by atoms with Gasteiger partial charge >= 0.3 is 6.18 Å². The Balaban J connectivity index is 2.31. The molecular weight excluding hydrogens is 286 g/mol. The molecule has 0 aliphatic carbocycles. The van der Waals surface area contributed by atoms with Crippen molar-refractivity contribution in [1.82, 2.24) is 0 Å². The van der Waals surface area contributed by atoms with Gasteiger partial charge in [-0.3, -0.25) is 0 Å². The highest BCUT2D eigenvalue weighted by Gasteiger charge is 2.31. The van der Waals surface area contributed by atoms with Crippen LogP contribution in [0.15, 0.2) is 42.5 Å². The zero-order valence-corrected chi connectivity index (χ0v) is 10.9. The fourth-order valence-electron chi connectivity index (χ4n) is 2.02. The zero-order chi connectivity index (χ0) is 15.6. The average Bonchev–Trinajstić information content (AvgIpc) is 2.40. The van der Waals surface area contributed by atoms with E-state index in [9.17, 15) is 22.7 Å². The van der Waals surface area contributed by atoms with Gasteiger partial charge in [-0.2, -0.15) is 13.2 Å². The number of aliphatic hydroxyl groups is 1. The van der Waals surface area contributed by atoms with E-state index in [0.29, 0.717) is 0 Å². The molecule has 2 aromatic carbocycles. The van der Waals surface area contributed by atoms with Gasteiger partial charge in [0.25, 0.3) is 0 Å². The Kier molecular flexibility index (Phi) is 4.18. The molecule has 0 radical (unpaired) electrons. The lowest BCUT2D eigenvalue weighted by Crippen LogP contribution is -2.11. The molecular formula is C15H13F4NO. The van der Waals surface area contributed by atoms with E-state index in [4.69, 9.17) is 5.73 Å². The highest BCUT2D eigenvalue weighted by atomic mass is 19.4. The average molecular weight is 299 g/mol. The lowest BCUT2D eigenvalue weighted by atomic mass is 9.98. The molecule has 1 atom stereocenters. The summed E-state index contributed by atoms with van der Waals surface area (Å²) >= 11 is 0. The minimum absolute atomic E-state index is 0.0341. The first-order chi connectivity index (χ1) is 9.79. The van der Waals surface area contributed by atoms with E-state index in [1.807, 2.05) is 0 Å². The van der Waals surface area contributed by atoms with Crippen molar-refractivity contribution in [2.75, 3.05) is 5.73 Å². The van der Waals surface area contributed by atoms with Crippen LogP contribution in [0.3, 0.4) is 0 Å². The van der Waals surface area contributed by atoms with E-state index >= 15 is 0 Å². The standard InChI is InChI=1S/C15H13F4NO/c16-12-4-2-1-3-9(12)7-14(21)11-8-10(15(17,18)19)5-6-13(11)20/h1-6,8,14,21H,7,20H2. The van der Waals surface area contributed by atoms with Gasteiger partial charge in [-0.15, -0.1) is 0 Å². The minimum atomic E-state index is -4.53. The summed E-state index contributed by atoms with van der Waals surface area (Å²) in [6.45, 7) is 0. The van der Waals surface area contributed by atoms with Gasteiger partial charge in [0.1, 0.15) is 5.82 Å². The normalized spacial score (nSPS) is 13.2. The minimum Gasteiger partial charge on any atom is -0.398 e. The molecule has 0 fully saturated rings. The third-order valence-corrected chi connectivity index (χ3v) is 3.14. The van der Waals surface area contributed by atoms with E-state index < -0.39 is 23.7 Å². The van der Waals surface area contributed by atoms with Crippen molar-refractivity contribution in [3.05, 3.63) is 65.0 Å². The first kappa shape index (κ1) is 15.3. The zero-order valence-electron chi connectivity index (χ0n) is 10.9. The highest BCUT2D eigenvalue weighted by Crippen LogP contribution is 2.34. The largest absolute Gasteiger partial charge is 0.416 e. The summed E-state index contributed by atoms with van der Waals surface area (Å²) in [4.78, 5) is 0. The predicted molar refractivity (Wildman–Crippen MR) is 70.9 cm³/mol. The Bertz CT molecular complexity index is 640. The number of hydrogen-bond donors (Lipinski definition) is 2. The Morgan fingerprint density at radius 3 is 2.38 bits per heavy atom. The number of halogens is 4. The lowest BCUT2D eigenvalue weighted by molar-refractivity contribution is -0.137. The summed E-state index contributed by atoms with van der Waals surface area (Å²) < 4.78 is 51.5. The second kappa shape index (κ2) is 5.73. The topological polar surface area (TPSA) is 46.2 Å². The van der Waals surface area contributed by atoms with Gasteiger partial charge in [-0.25, -0.2) is 4.39 Å². The molecule has 0 saturated heterocycles. The molecule has 2 rings (SSSR count). The highest BCUT2D eigenvalue weighted by molar-refractivity contribution is 5.50. The monoisotopic (exact) mass is 299 g/mol. The van der Waals surface area contributed by atoms with Crippen molar-refractivity contribution in [1.29, 1.82) is 0 Å². The van der Waals surface area contributed by atoms with Crippen LogP contribution in [0.5, 0.6) is 0 Å². The van der Waals surface area contributed by atoms with Gasteiger partial charge in [-0.1, -0.05) is 18.2 Å². The van der Waals surface area contributed by atoms with Crippen LogP contribution >= 0.6 is 0 Å². The van der Waals surface area contributed by atoms with Crippen LogP contribution in [-0.2, 0) is 12.6 Å². The number of nitrogen functional groups attached to an aromatic ring is 1. The van der Waals surface area contributed by atoms with Crippen LogP contribution in [0.2, 0.25) is 0 Å². The summed E-state index contributed by atoms with van der Waals surface area (Å²) in [6.07, 6.45) is -6.00. The molecule has 0 aliphatic rings. The first-order valence-corrected chi connectivity index (χ1v) is 6.17. The molecule has 21 heavy (non-hydrogen) atoms. The molecule has 0 spiro atoms. The quantitative estimate of drug-likeness (QED) is 0.670. The van der Waals surface area contributed by atoms with Gasteiger partial charge in [0, 0.05) is 17.7 Å². The molecule has 0 aromatic heterocycles. The van der Waals surface area contributed by atoms with Gasteiger partial charge in [0.15, 0.2) is 0 Å². The number of nitrogens with two attached hydrogens (primary N) is 1. The van der Waals surface area contributed by atoms with Gasteiger partial charge in [0.2, 0.25) is 0 Å². The number of hydrogen-bond acceptors (Lipinski definition) is 2. The number of benzene rings is 2. The summed E-state index contributed by atoms with van der Waals surface area (Å²) in [5.41, 5.74) is 4.88. The molecule has 0 aliphatic heterocycles. The van der Waals surface area contributed by atoms with E-state index in [2.05, 4.69) is 0 Å². The first-order valence-electron chi connectivity index (χ1n) is 6.17. The third kappa shape index (κ3) is 3.52. The second-order valence-corrected chi connectivity index (χ2v) is 4.65. The number of rotatable bonds is 3. The van der Waals surface area contributed by atoms with Crippen LogP contribution in [0.4, 0.5) is 23.2 Å². The van der Waals surface area contributed by atoms with Crippen LogP contribution in [-0.4, -0.2) is 5.11 Å². The number of alkyl halides is 3. The Morgan fingerprint density at radius 1 is 1.10 bits per heavy atom. The van der Waals surface area contributed by atoms with Crippen LogP contribution in [0.25, 0.3) is 0 Å². The summed E-state index contributed by atoms with van der Waals surface area (Å²) in [5, 5.41) is 10.1. The molecule has 0 amide bonds. The van der Waals surface area contributed by atoms with Crippen LogP contribution in [0, 0.1) is 5.82 Å². The molecule has 1 unspecified atom stereocenters. The molecule has 2 nitrogen and oxygen atoms in total. The van der Waals surface area contributed by atoms with Crippen molar-refractivity contribution >= 4 is 5.69 Å². The Morgan fingerprint density at radius 2 is 1.76 bits per heavy atom. The summed E-state index contributed by atoms with van der Waals surface area (Å²) in [6, 6.07) is 8.47. The van der Waals surface area contributed by atoms with E-state index in [0.717, 1.165) is 18.2 Å². The van der Waals surface area contributed by atoms with E-state index in [1.165, 1.54) is 18.2 Å². The lowest BCUT2D eigenvalue weighted by Gasteiger charge is -2.16. The van der Waals surface area contributed by atoms with Gasteiger partial charge in [-0.05, 0) is 29.8 Å². The Hall–Kier alpha value is -2.08. The fourth-order valence-corrected chi connectivity index (χ4v) is 2.02. The summed E-state index contributed by atoms with van der Waals surface area (Å²) in [7, 11) is 0. The predicted octanol–water partition coefficient (Wildman–Crippen LogP) is 3.70. The molecule has 3 N–H and O–H groups in total. The second-order valence-electron chi connectivity index (χ2n) is 4.65. The van der Waals surface area contributed by atoms with Gasteiger partial charge < -0.3 is 10.8 Å². The van der Waals surface area contributed by atoms with Crippen molar-refractivity contribution in [2.24, 2.45) is 0 Å². The molecule has 0 heterocycles. The Labute approximate surface area is 118 Å². The number of aliphatic hydroxyl groups excluding tert-OH is 1. The molecule has 0 saturated carbocycles. The van der Waals surface area contributed by atoms with Crippen molar-refractivity contribution < 1.29 is 22.7 Å². The molecule has 6 heteroatoms. The SMILES string of the molecule is Nc1ccc(C(F)(F)F)cc1C(O)Cc1ccccc1F. The van der Waals surface area contributed by atoms with Crippen molar-refractivity contribution in [3.63, 3.8) is 0 Å². The third-order valence-electron chi connectivity index (χ3n) is 3.14. The maximum absolute atomic E-state index is 13.5. The van der Waals surface area contributed by atoms with Gasteiger partial charge in [0.05, 0.1) is 11.7 Å². The molecule has 112 valence electrons. The van der Waals surface area contributed by atoms with Crippen molar-refractivity contribution in [2.45, 2.75) is 18.7 Å². The summed E-state index contributed by atoms with van der Waals surface area (Å²) in [5.74, 6) is -0.526. The molecule has 0 bridgehead atoms. The maximum atomic E-state index is 13.5. The number of anilines is 1. The van der Waals surface area contributed by atoms with E-state index in [-0.39, 0.29) is 23.2 Å². The molecule has 2 aromatic rings. The maximum Gasteiger partial charge on any atom is 0.416 e. The smallest absolute Gasteiger partial charge is 0.398 e. The van der Waals surface area contributed by atoms with E-state index in [1.54, 1.807) is 6.07 Å². The van der Waals surface area contributed by atoms with Crippen LogP contribution in [0.1, 0.15) is 22.8 Å². The van der Waals surface area contributed by atoms with Crippen molar-refractivity contribution in [3.8, 4) is 0 Å².